The molecule has 0 N–H and O–H groups in total. The Labute approximate surface area is 183 Å². The van der Waals surface area contributed by atoms with Gasteiger partial charge in [0, 0.05) is 35.8 Å². The zero-order valence-electron chi connectivity index (χ0n) is 18.1. The van der Waals surface area contributed by atoms with Crippen LogP contribution in [0.25, 0.3) is 22.2 Å². The standard InChI is InChI=1S/C26H26N2O2S/c1-18-10-13-21(14-11-18)31(29,30)27(3)24-15-12-19(2)26-22(24)8-6-16-28-23-9-5-4-7-20(23)17-25(26)28/h4-5,7,9-15,17H,6,8,16H2,1-3H3. The number of sulfonamides is 1. The quantitative estimate of drug-likeness (QED) is 0.419. The molecule has 0 amide bonds. The van der Waals surface area contributed by atoms with Crippen LogP contribution in [0.5, 0.6) is 0 Å². The third kappa shape index (κ3) is 3.15. The van der Waals surface area contributed by atoms with E-state index in [2.05, 4.69) is 41.8 Å². The largest absolute Gasteiger partial charge is 0.340 e. The summed E-state index contributed by atoms with van der Waals surface area (Å²) in [5.41, 5.74) is 7.66. The van der Waals surface area contributed by atoms with Gasteiger partial charge in [-0.3, -0.25) is 4.31 Å². The Morgan fingerprint density at radius 1 is 0.935 bits per heavy atom. The second kappa shape index (κ2) is 7.27. The van der Waals surface area contributed by atoms with Crippen LogP contribution in [0.15, 0.2) is 71.6 Å². The maximum Gasteiger partial charge on any atom is 0.264 e. The average Bonchev–Trinajstić information content (AvgIpc) is 3.01. The number of benzene rings is 3. The number of aromatic nitrogens is 1. The normalized spacial score (nSPS) is 13.5. The fourth-order valence-electron chi connectivity index (χ4n) is 4.73. The van der Waals surface area contributed by atoms with Gasteiger partial charge in [0.1, 0.15) is 0 Å². The second-order valence-corrected chi connectivity index (χ2v) is 10.4. The highest BCUT2D eigenvalue weighted by Crippen LogP contribution is 2.41. The first kappa shape index (κ1) is 19.9. The van der Waals surface area contributed by atoms with Gasteiger partial charge in [0.15, 0.2) is 0 Å². The predicted molar refractivity (Wildman–Crippen MR) is 127 cm³/mol. The zero-order chi connectivity index (χ0) is 21.8. The fourth-order valence-corrected chi connectivity index (χ4v) is 5.96. The first-order valence-electron chi connectivity index (χ1n) is 10.6. The van der Waals surface area contributed by atoms with E-state index >= 15 is 0 Å². The molecule has 3 aromatic carbocycles. The summed E-state index contributed by atoms with van der Waals surface area (Å²) in [5, 5.41) is 1.22. The Bertz CT molecular complexity index is 1400. The summed E-state index contributed by atoms with van der Waals surface area (Å²) in [4.78, 5) is 0.317. The number of aryl methyl sites for hydroxylation is 3. The van der Waals surface area contributed by atoms with Gasteiger partial charge in [0.05, 0.1) is 10.6 Å². The molecule has 0 saturated carbocycles. The van der Waals surface area contributed by atoms with Crippen molar-refractivity contribution >= 4 is 26.6 Å². The first-order chi connectivity index (χ1) is 14.9. The van der Waals surface area contributed by atoms with Crippen molar-refractivity contribution in [1.29, 1.82) is 0 Å². The van der Waals surface area contributed by atoms with Gasteiger partial charge in [-0.1, -0.05) is 42.0 Å². The zero-order valence-corrected chi connectivity index (χ0v) is 18.9. The van der Waals surface area contributed by atoms with Crippen LogP contribution in [-0.4, -0.2) is 20.0 Å². The van der Waals surface area contributed by atoms with Gasteiger partial charge in [0.25, 0.3) is 10.0 Å². The van der Waals surface area contributed by atoms with Crippen molar-refractivity contribution in [3.05, 3.63) is 83.4 Å². The van der Waals surface area contributed by atoms with E-state index in [1.165, 1.54) is 26.5 Å². The van der Waals surface area contributed by atoms with Gasteiger partial charge in [-0.25, -0.2) is 8.42 Å². The van der Waals surface area contributed by atoms with Crippen molar-refractivity contribution in [2.45, 2.75) is 38.1 Å². The highest BCUT2D eigenvalue weighted by atomic mass is 32.2. The summed E-state index contributed by atoms with van der Waals surface area (Å²) in [7, 11) is -1.98. The van der Waals surface area contributed by atoms with Crippen molar-refractivity contribution in [2.75, 3.05) is 11.4 Å². The molecule has 5 heteroatoms. The van der Waals surface area contributed by atoms with Crippen LogP contribution < -0.4 is 4.31 Å². The smallest absolute Gasteiger partial charge is 0.264 e. The van der Waals surface area contributed by atoms with Crippen molar-refractivity contribution in [3.63, 3.8) is 0 Å². The Morgan fingerprint density at radius 2 is 1.68 bits per heavy atom. The van der Waals surface area contributed by atoms with Gasteiger partial charge in [-0.05, 0) is 68.1 Å². The molecule has 1 aliphatic heterocycles. The van der Waals surface area contributed by atoms with Crippen molar-refractivity contribution in [3.8, 4) is 11.3 Å². The monoisotopic (exact) mass is 430 g/mol. The van der Waals surface area contributed by atoms with E-state index in [4.69, 9.17) is 0 Å². The van der Waals surface area contributed by atoms with Gasteiger partial charge in [0.2, 0.25) is 0 Å². The van der Waals surface area contributed by atoms with E-state index in [1.54, 1.807) is 19.2 Å². The minimum absolute atomic E-state index is 0.317. The molecule has 0 unspecified atom stereocenters. The second-order valence-electron chi connectivity index (χ2n) is 8.38. The number of anilines is 1. The third-order valence-electron chi connectivity index (χ3n) is 6.39. The van der Waals surface area contributed by atoms with E-state index < -0.39 is 10.0 Å². The molecule has 4 aromatic rings. The summed E-state index contributed by atoms with van der Waals surface area (Å²) in [6.45, 7) is 4.99. The number of fused-ring (bicyclic) bond motifs is 5. The molecule has 31 heavy (non-hydrogen) atoms. The lowest BCUT2D eigenvalue weighted by Crippen LogP contribution is -2.27. The van der Waals surface area contributed by atoms with Crippen LogP contribution in [0.3, 0.4) is 0 Å². The maximum atomic E-state index is 13.4. The Morgan fingerprint density at radius 3 is 2.45 bits per heavy atom. The van der Waals surface area contributed by atoms with E-state index in [0.717, 1.165) is 41.8 Å². The number of para-hydroxylation sites is 1. The van der Waals surface area contributed by atoms with Gasteiger partial charge in [-0.2, -0.15) is 0 Å². The van der Waals surface area contributed by atoms with Gasteiger partial charge >= 0.3 is 0 Å². The van der Waals surface area contributed by atoms with Gasteiger partial charge in [-0.15, -0.1) is 0 Å². The molecule has 4 nitrogen and oxygen atoms in total. The number of hydrogen-bond acceptors (Lipinski definition) is 2. The summed E-state index contributed by atoms with van der Waals surface area (Å²) in [6.07, 6.45) is 1.81. The van der Waals surface area contributed by atoms with Crippen molar-refractivity contribution in [2.24, 2.45) is 0 Å². The SMILES string of the molecule is Cc1ccc(S(=O)(=O)N(C)c2ccc(C)c3c2CCCn2c-3cc3ccccc32)cc1. The number of hydrogen-bond donors (Lipinski definition) is 0. The minimum Gasteiger partial charge on any atom is -0.340 e. The molecule has 5 rings (SSSR count). The molecule has 0 fully saturated rings. The van der Waals surface area contributed by atoms with Gasteiger partial charge < -0.3 is 4.57 Å². The molecule has 2 heterocycles. The van der Waals surface area contributed by atoms with Crippen LogP contribution >= 0.6 is 0 Å². The molecule has 0 radical (unpaired) electrons. The Hall–Kier alpha value is -3.05. The number of nitrogens with zero attached hydrogens (tertiary/aromatic N) is 2. The average molecular weight is 431 g/mol. The van der Waals surface area contributed by atoms with Crippen LogP contribution in [0.4, 0.5) is 5.69 Å². The summed E-state index contributed by atoms with van der Waals surface area (Å²) >= 11 is 0. The Kier molecular flexibility index (Phi) is 4.67. The van der Waals surface area contributed by atoms with E-state index in [1.807, 2.05) is 31.2 Å². The van der Waals surface area contributed by atoms with Crippen molar-refractivity contribution < 1.29 is 8.42 Å². The van der Waals surface area contributed by atoms with E-state index in [-0.39, 0.29) is 0 Å². The first-order valence-corrected chi connectivity index (χ1v) is 12.1. The van der Waals surface area contributed by atoms with E-state index in [0.29, 0.717) is 4.90 Å². The summed E-state index contributed by atoms with van der Waals surface area (Å²) < 4.78 is 30.6. The lowest BCUT2D eigenvalue weighted by Gasteiger charge is -2.24. The molecule has 1 aromatic heterocycles. The molecule has 0 aliphatic carbocycles. The highest BCUT2D eigenvalue weighted by Gasteiger charge is 2.27. The van der Waals surface area contributed by atoms with Crippen LogP contribution in [0.1, 0.15) is 23.1 Å². The molecule has 0 saturated heterocycles. The lowest BCUT2D eigenvalue weighted by molar-refractivity contribution is 0.594. The van der Waals surface area contributed by atoms with Crippen LogP contribution in [0.2, 0.25) is 0 Å². The molecule has 158 valence electrons. The molecule has 0 bridgehead atoms. The van der Waals surface area contributed by atoms with E-state index in [9.17, 15) is 8.42 Å². The highest BCUT2D eigenvalue weighted by molar-refractivity contribution is 7.92. The Balaban J connectivity index is 1.70. The fraction of sp³-hybridized carbons (Fsp3) is 0.231. The third-order valence-corrected chi connectivity index (χ3v) is 8.18. The minimum atomic E-state index is -3.64. The van der Waals surface area contributed by atoms with Crippen molar-refractivity contribution in [1.82, 2.24) is 4.57 Å². The number of rotatable bonds is 3. The summed E-state index contributed by atoms with van der Waals surface area (Å²) in [6, 6.07) is 21.7. The molecule has 0 atom stereocenters. The summed E-state index contributed by atoms with van der Waals surface area (Å²) in [5.74, 6) is 0. The van der Waals surface area contributed by atoms with Crippen LogP contribution in [-0.2, 0) is 23.0 Å². The molecule has 1 aliphatic rings. The van der Waals surface area contributed by atoms with Crippen LogP contribution in [0, 0.1) is 13.8 Å². The topological polar surface area (TPSA) is 42.3 Å². The molecule has 0 spiro atoms. The molecular weight excluding hydrogens is 404 g/mol. The lowest BCUT2D eigenvalue weighted by atomic mass is 9.95. The predicted octanol–water partition coefficient (Wildman–Crippen LogP) is 5.70. The molecular formula is C26H26N2O2S. The maximum absolute atomic E-state index is 13.4.